The van der Waals surface area contributed by atoms with Crippen molar-refractivity contribution in [2.45, 2.75) is 19.9 Å². The minimum absolute atomic E-state index is 0.546. The topological polar surface area (TPSA) is 34.1 Å². The number of hydrogen-bond acceptors (Lipinski definition) is 3. The van der Waals surface area contributed by atoms with Gasteiger partial charge in [0.15, 0.2) is 0 Å². The molecule has 0 aliphatic carbocycles. The van der Waals surface area contributed by atoms with Crippen molar-refractivity contribution < 1.29 is 13.5 Å². The van der Waals surface area contributed by atoms with E-state index in [1.807, 2.05) is 19.1 Å². The Morgan fingerprint density at radius 1 is 1.10 bits per heavy atom. The van der Waals surface area contributed by atoms with Crippen LogP contribution in [-0.2, 0) is 13.0 Å². The highest BCUT2D eigenvalue weighted by atomic mass is 19.1. The van der Waals surface area contributed by atoms with Crippen molar-refractivity contribution in [1.29, 1.82) is 0 Å². The Hall–Kier alpha value is -2.01. The molecule has 0 bridgehead atoms. The molecule has 2 rings (SSSR count). The summed E-state index contributed by atoms with van der Waals surface area (Å²) in [6.45, 7) is 3.10. The van der Waals surface area contributed by atoms with Crippen LogP contribution >= 0.6 is 0 Å². The van der Waals surface area contributed by atoms with Gasteiger partial charge < -0.3 is 10.1 Å². The lowest BCUT2D eigenvalue weighted by Gasteiger charge is -2.08. The van der Waals surface area contributed by atoms with Crippen LogP contribution < -0.4 is 10.1 Å². The predicted molar refractivity (Wildman–Crippen MR) is 77.3 cm³/mol. The van der Waals surface area contributed by atoms with E-state index in [0.717, 1.165) is 23.2 Å². The fourth-order valence-electron chi connectivity index (χ4n) is 2.12. The maximum Gasteiger partial charge on any atom is 0.126 e. The van der Waals surface area contributed by atoms with Gasteiger partial charge in [0, 0.05) is 30.4 Å². The van der Waals surface area contributed by atoms with Crippen molar-refractivity contribution in [3.05, 3.63) is 58.9 Å². The molecule has 21 heavy (non-hydrogen) atoms. The second kappa shape index (κ2) is 7.13. The van der Waals surface area contributed by atoms with Gasteiger partial charge in [0.2, 0.25) is 0 Å². The number of nitrogens with zero attached hydrogens (tertiary/aromatic N) is 1. The molecule has 1 aromatic heterocycles. The molecule has 0 saturated heterocycles. The van der Waals surface area contributed by atoms with E-state index in [1.54, 1.807) is 7.11 Å². The van der Waals surface area contributed by atoms with Gasteiger partial charge in [-0.15, -0.1) is 0 Å². The zero-order chi connectivity index (χ0) is 15.2. The molecule has 5 heteroatoms. The summed E-state index contributed by atoms with van der Waals surface area (Å²) >= 11 is 0. The molecule has 0 unspecified atom stereocenters. The summed E-state index contributed by atoms with van der Waals surface area (Å²) in [7, 11) is 1.62. The van der Waals surface area contributed by atoms with Gasteiger partial charge in [-0.3, -0.25) is 4.98 Å². The summed E-state index contributed by atoms with van der Waals surface area (Å²) in [5, 5.41) is 3.20. The largest absolute Gasteiger partial charge is 0.497 e. The number of ether oxygens (including phenoxy) is 1. The minimum Gasteiger partial charge on any atom is -0.497 e. The number of hydrogen-bond donors (Lipinski definition) is 1. The van der Waals surface area contributed by atoms with E-state index < -0.39 is 11.6 Å². The zero-order valence-corrected chi connectivity index (χ0v) is 12.1. The van der Waals surface area contributed by atoms with Crippen molar-refractivity contribution in [2.24, 2.45) is 0 Å². The molecule has 1 aromatic carbocycles. The van der Waals surface area contributed by atoms with E-state index in [9.17, 15) is 8.78 Å². The van der Waals surface area contributed by atoms with Crippen LogP contribution in [0.3, 0.4) is 0 Å². The lowest BCUT2D eigenvalue weighted by molar-refractivity contribution is 0.412. The normalized spacial score (nSPS) is 10.7. The van der Waals surface area contributed by atoms with Gasteiger partial charge in [0.25, 0.3) is 0 Å². The van der Waals surface area contributed by atoms with Crippen LogP contribution in [0.25, 0.3) is 0 Å². The Bertz CT molecular complexity index is 597. The summed E-state index contributed by atoms with van der Waals surface area (Å²) in [6, 6.07) is 7.29. The molecule has 112 valence electrons. The number of benzene rings is 1. The van der Waals surface area contributed by atoms with Crippen molar-refractivity contribution in [3.8, 4) is 5.75 Å². The Kier molecular flexibility index (Phi) is 5.22. The second-order valence-corrected chi connectivity index (χ2v) is 4.84. The van der Waals surface area contributed by atoms with Crippen LogP contribution in [0.2, 0.25) is 0 Å². The summed E-state index contributed by atoms with van der Waals surface area (Å²) in [4.78, 5) is 4.39. The molecule has 3 nitrogen and oxygen atoms in total. The molecule has 0 saturated carbocycles. The molecule has 0 atom stereocenters. The van der Waals surface area contributed by atoms with Crippen molar-refractivity contribution in [1.82, 2.24) is 10.3 Å². The molecular formula is C16H18F2N2O. The van der Waals surface area contributed by atoms with E-state index in [2.05, 4.69) is 10.3 Å². The van der Waals surface area contributed by atoms with Crippen LogP contribution in [-0.4, -0.2) is 18.6 Å². The number of aryl methyl sites for hydroxylation is 1. The molecular weight excluding hydrogens is 274 g/mol. The standard InChI is InChI=1S/C16H18F2N2O/c1-11-5-16(21-2)9-15(20-11)10-19-4-3-12-6-13(17)8-14(18)7-12/h5-9,19H,3-4,10H2,1-2H3. The number of halogens is 2. The third-order valence-corrected chi connectivity index (χ3v) is 3.03. The first-order valence-corrected chi connectivity index (χ1v) is 6.74. The van der Waals surface area contributed by atoms with E-state index in [1.165, 1.54) is 12.1 Å². The van der Waals surface area contributed by atoms with Gasteiger partial charge in [0.05, 0.1) is 12.8 Å². The van der Waals surface area contributed by atoms with Gasteiger partial charge in [-0.25, -0.2) is 8.78 Å². The van der Waals surface area contributed by atoms with Gasteiger partial charge >= 0.3 is 0 Å². The molecule has 0 aliphatic heterocycles. The van der Waals surface area contributed by atoms with Gasteiger partial charge in [-0.05, 0) is 37.6 Å². The van der Waals surface area contributed by atoms with Crippen LogP contribution in [0.15, 0.2) is 30.3 Å². The molecule has 1 N–H and O–H groups in total. The smallest absolute Gasteiger partial charge is 0.126 e. The fraction of sp³-hybridized carbons (Fsp3) is 0.312. The van der Waals surface area contributed by atoms with Gasteiger partial charge in [0.1, 0.15) is 17.4 Å². The lowest BCUT2D eigenvalue weighted by Crippen LogP contribution is -2.17. The first kappa shape index (κ1) is 15.4. The fourth-order valence-corrected chi connectivity index (χ4v) is 2.12. The number of rotatable bonds is 6. The average molecular weight is 292 g/mol. The monoisotopic (exact) mass is 292 g/mol. The Balaban J connectivity index is 1.85. The Labute approximate surface area is 123 Å². The van der Waals surface area contributed by atoms with Gasteiger partial charge in [-0.1, -0.05) is 0 Å². The number of aromatic nitrogens is 1. The zero-order valence-electron chi connectivity index (χ0n) is 12.1. The first-order chi connectivity index (χ1) is 10.1. The number of pyridine rings is 1. The van der Waals surface area contributed by atoms with E-state index in [0.29, 0.717) is 25.1 Å². The first-order valence-electron chi connectivity index (χ1n) is 6.74. The van der Waals surface area contributed by atoms with Crippen LogP contribution in [0.4, 0.5) is 8.78 Å². The number of nitrogens with one attached hydrogen (secondary N) is 1. The lowest BCUT2D eigenvalue weighted by atomic mass is 10.1. The Morgan fingerprint density at radius 3 is 2.48 bits per heavy atom. The van der Waals surface area contributed by atoms with Crippen molar-refractivity contribution >= 4 is 0 Å². The third-order valence-electron chi connectivity index (χ3n) is 3.03. The quantitative estimate of drug-likeness (QED) is 0.831. The average Bonchev–Trinajstić information content (AvgIpc) is 2.42. The molecule has 0 spiro atoms. The van der Waals surface area contributed by atoms with Crippen molar-refractivity contribution in [3.63, 3.8) is 0 Å². The van der Waals surface area contributed by atoms with Crippen LogP contribution in [0, 0.1) is 18.6 Å². The second-order valence-electron chi connectivity index (χ2n) is 4.84. The maximum absolute atomic E-state index is 13.0. The number of methoxy groups -OCH3 is 1. The highest BCUT2D eigenvalue weighted by Crippen LogP contribution is 2.13. The highest BCUT2D eigenvalue weighted by molar-refractivity contribution is 5.26. The molecule has 0 aliphatic rings. The molecule has 0 fully saturated rings. The SMILES string of the molecule is COc1cc(C)nc(CNCCc2cc(F)cc(F)c2)c1. The summed E-state index contributed by atoms with van der Waals surface area (Å²) in [5.74, 6) is -0.323. The van der Waals surface area contributed by atoms with E-state index in [4.69, 9.17) is 4.74 Å². The van der Waals surface area contributed by atoms with Crippen molar-refractivity contribution in [2.75, 3.05) is 13.7 Å². The predicted octanol–water partition coefficient (Wildman–Crippen LogP) is 3.01. The summed E-state index contributed by atoms with van der Waals surface area (Å²) < 4.78 is 31.3. The molecule has 0 amide bonds. The molecule has 2 aromatic rings. The van der Waals surface area contributed by atoms with Crippen LogP contribution in [0.1, 0.15) is 17.0 Å². The third kappa shape index (κ3) is 4.79. The Morgan fingerprint density at radius 2 is 1.81 bits per heavy atom. The van der Waals surface area contributed by atoms with E-state index in [-0.39, 0.29) is 0 Å². The highest BCUT2D eigenvalue weighted by Gasteiger charge is 2.02. The maximum atomic E-state index is 13.0. The van der Waals surface area contributed by atoms with Crippen LogP contribution in [0.5, 0.6) is 5.75 Å². The molecule has 0 radical (unpaired) electrons. The van der Waals surface area contributed by atoms with Gasteiger partial charge in [-0.2, -0.15) is 0 Å². The van der Waals surface area contributed by atoms with E-state index >= 15 is 0 Å². The molecule has 1 heterocycles. The summed E-state index contributed by atoms with van der Waals surface area (Å²) in [6.07, 6.45) is 0.553. The minimum atomic E-state index is -0.546. The summed E-state index contributed by atoms with van der Waals surface area (Å²) in [5.41, 5.74) is 2.39.